The fraction of sp³-hybridized carbons (Fsp3) is 0.654. The smallest absolute Gasteiger partial charge is 0.241 e. The number of likely N-dealkylation sites (tertiary alicyclic amines) is 2. The van der Waals surface area contributed by atoms with E-state index < -0.39 is 5.41 Å². The lowest BCUT2D eigenvalue weighted by Crippen LogP contribution is -2.44. The number of carbonyl (C=O) groups is 3. The minimum atomic E-state index is -1.13. The lowest BCUT2D eigenvalue weighted by molar-refractivity contribution is -0.143. The van der Waals surface area contributed by atoms with Crippen LogP contribution in [0.5, 0.6) is 5.75 Å². The molecular weight excluding hydrogens is 418 g/mol. The Labute approximate surface area is 197 Å². The third-order valence-corrected chi connectivity index (χ3v) is 7.31. The molecule has 3 aliphatic rings. The molecule has 2 atom stereocenters. The summed E-state index contributed by atoms with van der Waals surface area (Å²) in [6.07, 6.45) is 2.88. The Hall–Kier alpha value is -2.41. The number of amides is 3. The number of ether oxygens (including phenoxy) is 1. The maximum absolute atomic E-state index is 13.6. The minimum Gasteiger partial charge on any atom is -0.497 e. The van der Waals surface area contributed by atoms with Gasteiger partial charge in [0.15, 0.2) is 0 Å². The normalized spacial score (nSPS) is 25.8. The van der Waals surface area contributed by atoms with E-state index in [1.807, 2.05) is 19.2 Å². The molecule has 3 amide bonds. The molecule has 7 heteroatoms. The summed E-state index contributed by atoms with van der Waals surface area (Å²) in [7, 11) is 3.42. The molecule has 1 aromatic rings. The summed E-state index contributed by atoms with van der Waals surface area (Å²) < 4.78 is 5.27. The van der Waals surface area contributed by atoms with Gasteiger partial charge in [-0.3, -0.25) is 19.3 Å². The van der Waals surface area contributed by atoms with Gasteiger partial charge < -0.3 is 14.5 Å². The van der Waals surface area contributed by atoms with Gasteiger partial charge in [0.25, 0.3) is 0 Å². The first kappa shape index (κ1) is 23.7. The molecule has 0 spiro atoms. The highest BCUT2D eigenvalue weighted by atomic mass is 16.5. The molecule has 1 saturated carbocycles. The molecule has 180 valence electrons. The summed E-state index contributed by atoms with van der Waals surface area (Å²) in [6, 6.07) is 7.25. The molecule has 0 radical (unpaired) electrons. The third kappa shape index (κ3) is 4.93. The Bertz CT molecular complexity index is 895. The van der Waals surface area contributed by atoms with Crippen LogP contribution in [0.25, 0.3) is 0 Å². The van der Waals surface area contributed by atoms with E-state index >= 15 is 0 Å². The molecule has 4 rings (SSSR count). The van der Waals surface area contributed by atoms with Crippen molar-refractivity contribution in [3.8, 4) is 5.75 Å². The van der Waals surface area contributed by atoms with Crippen molar-refractivity contribution in [3.05, 3.63) is 29.8 Å². The first-order valence-electron chi connectivity index (χ1n) is 12.2. The second-order valence-electron chi connectivity index (χ2n) is 10.5. The Morgan fingerprint density at radius 1 is 1.18 bits per heavy atom. The maximum atomic E-state index is 13.6. The van der Waals surface area contributed by atoms with Crippen LogP contribution in [0.2, 0.25) is 0 Å². The molecule has 2 heterocycles. The second kappa shape index (κ2) is 9.45. The van der Waals surface area contributed by atoms with E-state index in [0.717, 1.165) is 44.5 Å². The lowest BCUT2D eigenvalue weighted by atomic mass is 9.75. The summed E-state index contributed by atoms with van der Waals surface area (Å²) in [5.74, 6) is 1.30. The molecule has 0 bridgehead atoms. The first-order valence-corrected chi connectivity index (χ1v) is 12.2. The van der Waals surface area contributed by atoms with Crippen molar-refractivity contribution in [2.24, 2.45) is 11.8 Å². The predicted octanol–water partition coefficient (Wildman–Crippen LogP) is 2.68. The van der Waals surface area contributed by atoms with E-state index in [4.69, 9.17) is 4.74 Å². The third-order valence-electron chi connectivity index (χ3n) is 7.31. The molecule has 7 nitrogen and oxygen atoms in total. The number of hydrogen-bond acceptors (Lipinski definition) is 5. The largest absolute Gasteiger partial charge is 0.497 e. The Morgan fingerprint density at radius 3 is 2.48 bits per heavy atom. The molecule has 2 saturated heterocycles. The molecule has 2 aliphatic heterocycles. The van der Waals surface area contributed by atoms with Crippen molar-refractivity contribution in [3.63, 3.8) is 0 Å². The van der Waals surface area contributed by atoms with Gasteiger partial charge in [-0.2, -0.15) is 0 Å². The Balaban J connectivity index is 1.50. The summed E-state index contributed by atoms with van der Waals surface area (Å²) in [5, 5.41) is 0. The van der Waals surface area contributed by atoms with Crippen LogP contribution >= 0.6 is 0 Å². The highest BCUT2D eigenvalue weighted by molar-refractivity contribution is 6.11. The monoisotopic (exact) mass is 455 g/mol. The number of methoxy groups -OCH3 is 1. The predicted molar refractivity (Wildman–Crippen MR) is 126 cm³/mol. The van der Waals surface area contributed by atoms with Crippen LogP contribution in [0.4, 0.5) is 0 Å². The maximum Gasteiger partial charge on any atom is 0.241 e. The number of benzene rings is 1. The van der Waals surface area contributed by atoms with Crippen molar-refractivity contribution < 1.29 is 19.1 Å². The lowest BCUT2D eigenvalue weighted by Gasteiger charge is -2.30. The summed E-state index contributed by atoms with van der Waals surface area (Å²) >= 11 is 0. The van der Waals surface area contributed by atoms with E-state index in [2.05, 4.69) is 18.7 Å². The number of hydrogen-bond donors (Lipinski definition) is 0. The van der Waals surface area contributed by atoms with Gasteiger partial charge in [0.1, 0.15) is 5.75 Å². The zero-order chi connectivity index (χ0) is 23.8. The van der Waals surface area contributed by atoms with Gasteiger partial charge in [-0.25, -0.2) is 0 Å². The standard InChI is InChI=1S/C26H37N3O4/c1-18(2)15-28-12-11-19(17-28)16-27(3)23(30)13-26(20-5-9-22(33-4)10-6-20)14-24(31)29(25(26)32)21-7-8-21/h5-6,9-10,18-19,21H,7-8,11-17H2,1-4H3/t19-,26-/m0/s1. The quantitative estimate of drug-likeness (QED) is 0.536. The van der Waals surface area contributed by atoms with E-state index in [0.29, 0.717) is 24.1 Å². The van der Waals surface area contributed by atoms with Crippen molar-refractivity contribution in [2.45, 2.75) is 57.4 Å². The van der Waals surface area contributed by atoms with E-state index in [1.165, 1.54) is 4.90 Å². The average Bonchev–Trinajstić information content (AvgIpc) is 3.46. The molecule has 1 aliphatic carbocycles. The van der Waals surface area contributed by atoms with E-state index in [-0.39, 0.29) is 36.6 Å². The van der Waals surface area contributed by atoms with Gasteiger partial charge in [0, 0.05) is 45.6 Å². The summed E-state index contributed by atoms with van der Waals surface area (Å²) in [5.41, 5.74) is -0.410. The Kier molecular flexibility index (Phi) is 6.80. The zero-order valence-electron chi connectivity index (χ0n) is 20.4. The van der Waals surface area contributed by atoms with Crippen LogP contribution < -0.4 is 4.74 Å². The molecule has 0 aromatic heterocycles. The highest BCUT2D eigenvalue weighted by Crippen LogP contribution is 2.44. The fourth-order valence-electron chi connectivity index (χ4n) is 5.47. The van der Waals surface area contributed by atoms with Gasteiger partial charge >= 0.3 is 0 Å². The summed E-state index contributed by atoms with van der Waals surface area (Å²) in [4.78, 5) is 45.6. The van der Waals surface area contributed by atoms with Gasteiger partial charge in [-0.05, 0) is 55.3 Å². The van der Waals surface area contributed by atoms with Crippen molar-refractivity contribution in [2.75, 3.05) is 40.3 Å². The molecule has 3 fully saturated rings. The number of carbonyl (C=O) groups excluding carboxylic acids is 3. The number of imide groups is 1. The van der Waals surface area contributed by atoms with Crippen LogP contribution in [0, 0.1) is 11.8 Å². The molecule has 0 N–H and O–H groups in total. The van der Waals surface area contributed by atoms with E-state index in [1.54, 1.807) is 24.1 Å². The van der Waals surface area contributed by atoms with Crippen molar-refractivity contribution in [1.82, 2.24) is 14.7 Å². The topological polar surface area (TPSA) is 70.2 Å². The van der Waals surface area contributed by atoms with E-state index in [9.17, 15) is 14.4 Å². The van der Waals surface area contributed by atoms with Crippen LogP contribution in [-0.4, -0.2) is 78.8 Å². The number of nitrogens with zero attached hydrogens (tertiary/aromatic N) is 3. The second-order valence-corrected chi connectivity index (χ2v) is 10.5. The zero-order valence-corrected chi connectivity index (χ0v) is 20.4. The summed E-state index contributed by atoms with van der Waals surface area (Å²) in [6.45, 7) is 8.30. The van der Waals surface area contributed by atoms with Crippen molar-refractivity contribution in [1.29, 1.82) is 0 Å². The average molecular weight is 456 g/mol. The molecule has 1 aromatic carbocycles. The minimum absolute atomic E-state index is 0.00313. The molecular formula is C26H37N3O4. The van der Waals surface area contributed by atoms with Crippen LogP contribution in [-0.2, 0) is 19.8 Å². The van der Waals surface area contributed by atoms with Crippen LogP contribution in [0.15, 0.2) is 24.3 Å². The van der Waals surface area contributed by atoms with Gasteiger partial charge in [-0.1, -0.05) is 26.0 Å². The fourth-order valence-corrected chi connectivity index (χ4v) is 5.47. The number of rotatable bonds is 9. The molecule has 0 unspecified atom stereocenters. The van der Waals surface area contributed by atoms with Crippen LogP contribution in [0.1, 0.15) is 51.5 Å². The van der Waals surface area contributed by atoms with Gasteiger partial charge in [-0.15, -0.1) is 0 Å². The highest BCUT2D eigenvalue weighted by Gasteiger charge is 2.57. The van der Waals surface area contributed by atoms with Crippen LogP contribution in [0.3, 0.4) is 0 Å². The SMILES string of the molecule is COc1ccc([C@]2(CC(=O)N(C)C[C@@H]3CCN(CC(C)C)C3)CC(=O)N(C3CC3)C2=O)cc1. The van der Waals surface area contributed by atoms with Gasteiger partial charge in [0.2, 0.25) is 17.7 Å². The van der Waals surface area contributed by atoms with Crippen molar-refractivity contribution >= 4 is 17.7 Å². The Morgan fingerprint density at radius 2 is 1.88 bits per heavy atom. The first-order chi connectivity index (χ1) is 15.7. The molecule has 33 heavy (non-hydrogen) atoms. The van der Waals surface area contributed by atoms with Gasteiger partial charge in [0.05, 0.1) is 12.5 Å².